The number of unbranched alkanes of at least 4 members (excludes halogenated alkanes) is 1. The van der Waals surface area contributed by atoms with Crippen LogP contribution in [0.1, 0.15) is 63.2 Å². The standard InChI is InChI=1S/C26H40N6O4S/c1-4-7-14-27-26-29-19-23(24(31-26)28-18-20-12-16-36-17-13-20)25(33)30-21-8-10-22(11-9-21)37(34,35)32(6-3)15-5-2/h8-11,19-20H,4-7,12-18H2,1-3H3,(H,30,33)(H2,27,28,29,31). The SMILES string of the molecule is CCCCNc1ncc(C(=O)Nc2ccc(S(=O)(=O)N(CC)CCC)cc2)c(NCC2CCOCC2)n1. The molecule has 0 aliphatic carbocycles. The molecule has 1 saturated heterocycles. The number of hydrogen-bond acceptors (Lipinski definition) is 8. The van der Waals surface area contributed by atoms with E-state index in [1.807, 2.05) is 13.8 Å². The van der Waals surface area contributed by atoms with Gasteiger partial charge >= 0.3 is 0 Å². The Bertz CT molecular complexity index is 1100. The molecule has 0 spiro atoms. The molecular weight excluding hydrogens is 492 g/mol. The van der Waals surface area contributed by atoms with E-state index in [1.165, 1.54) is 22.6 Å². The Labute approximate surface area is 220 Å². The molecule has 3 N–H and O–H groups in total. The Morgan fingerprint density at radius 2 is 1.81 bits per heavy atom. The van der Waals surface area contributed by atoms with Gasteiger partial charge in [-0.1, -0.05) is 27.2 Å². The normalized spacial score (nSPS) is 14.5. The molecule has 2 aromatic rings. The highest BCUT2D eigenvalue weighted by molar-refractivity contribution is 7.89. The maximum Gasteiger partial charge on any atom is 0.260 e. The first-order valence-corrected chi connectivity index (χ1v) is 14.7. The number of hydrogen-bond donors (Lipinski definition) is 3. The van der Waals surface area contributed by atoms with E-state index in [0.29, 0.717) is 48.6 Å². The van der Waals surface area contributed by atoms with Crippen molar-refractivity contribution in [1.82, 2.24) is 14.3 Å². The number of sulfonamides is 1. The van der Waals surface area contributed by atoms with E-state index >= 15 is 0 Å². The number of anilines is 3. The van der Waals surface area contributed by atoms with E-state index in [4.69, 9.17) is 4.74 Å². The number of ether oxygens (including phenoxy) is 1. The predicted octanol–water partition coefficient (Wildman–Crippen LogP) is 4.20. The van der Waals surface area contributed by atoms with Gasteiger partial charge in [0.2, 0.25) is 16.0 Å². The molecule has 2 heterocycles. The monoisotopic (exact) mass is 532 g/mol. The van der Waals surface area contributed by atoms with Crippen molar-refractivity contribution in [2.45, 2.75) is 57.8 Å². The van der Waals surface area contributed by atoms with Crippen molar-refractivity contribution in [2.75, 3.05) is 55.3 Å². The van der Waals surface area contributed by atoms with Crippen LogP contribution in [0.3, 0.4) is 0 Å². The number of carbonyl (C=O) groups excluding carboxylic acids is 1. The Hall–Kier alpha value is -2.76. The number of carbonyl (C=O) groups is 1. The highest BCUT2D eigenvalue weighted by Gasteiger charge is 2.23. The van der Waals surface area contributed by atoms with Gasteiger partial charge in [-0.15, -0.1) is 0 Å². The van der Waals surface area contributed by atoms with Crippen molar-refractivity contribution in [1.29, 1.82) is 0 Å². The van der Waals surface area contributed by atoms with Crippen LogP contribution in [0.15, 0.2) is 35.4 Å². The van der Waals surface area contributed by atoms with Crippen LogP contribution >= 0.6 is 0 Å². The molecule has 1 fully saturated rings. The topological polar surface area (TPSA) is 126 Å². The molecule has 0 atom stereocenters. The summed E-state index contributed by atoms with van der Waals surface area (Å²) in [7, 11) is -3.58. The Balaban J connectivity index is 1.74. The average Bonchev–Trinajstić information content (AvgIpc) is 2.91. The van der Waals surface area contributed by atoms with Gasteiger partial charge in [0.25, 0.3) is 5.91 Å². The van der Waals surface area contributed by atoms with Gasteiger partial charge in [-0.05, 0) is 55.9 Å². The molecule has 1 aromatic carbocycles. The molecule has 0 unspecified atom stereocenters. The van der Waals surface area contributed by atoms with Crippen LogP contribution in [-0.4, -0.2) is 68.0 Å². The third kappa shape index (κ3) is 8.11. The minimum absolute atomic E-state index is 0.199. The van der Waals surface area contributed by atoms with E-state index in [1.54, 1.807) is 12.1 Å². The van der Waals surface area contributed by atoms with Gasteiger partial charge in [0.1, 0.15) is 11.4 Å². The summed E-state index contributed by atoms with van der Waals surface area (Å²) in [5.41, 5.74) is 0.813. The summed E-state index contributed by atoms with van der Waals surface area (Å²) in [6.07, 6.45) is 6.23. The smallest absolute Gasteiger partial charge is 0.260 e. The van der Waals surface area contributed by atoms with E-state index in [-0.39, 0.29) is 10.8 Å². The summed E-state index contributed by atoms with van der Waals surface area (Å²) in [4.78, 5) is 22.3. The summed E-state index contributed by atoms with van der Waals surface area (Å²) >= 11 is 0. The van der Waals surface area contributed by atoms with Gasteiger partial charge in [0, 0.05) is 51.3 Å². The molecule has 1 aliphatic heterocycles. The fraction of sp³-hybridized carbons (Fsp3) is 0.577. The lowest BCUT2D eigenvalue weighted by atomic mass is 10.0. The lowest BCUT2D eigenvalue weighted by Gasteiger charge is -2.23. The molecule has 1 amide bonds. The first-order chi connectivity index (χ1) is 17.9. The number of nitrogens with one attached hydrogen (secondary N) is 3. The fourth-order valence-electron chi connectivity index (χ4n) is 4.09. The number of amides is 1. The van der Waals surface area contributed by atoms with Gasteiger partial charge in [0.05, 0.1) is 4.90 Å². The van der Waals surface area contributed by atoms with Crippen molar-refractivity contribution in [3.05, 3.63) is 36.0 Å². The number of nitrogens with zero attached hydrogens (tertiary/aromatic N) is 3. The second-order valence-corrected chi connectivity index (χ2v) is 11.1. The second-order valence-electron chi connectivity index (χ2n) is 9.15. The minimum atomic E-state index is -3.58. The highest BCUT2D eigenvalue weighted by atomic mass is 32.2. The third-order valence-electron chi connectivity index (χ3n) is 6.32. The van der Waals surface area contributed by atoms with Gasteiger partial charge in [-0.3, -0.25) is 4.79 Å². The molecule has 1 aliphatic rings. The molecule has 11 heteroatoms. The molecule has 0 bridgehead atoms. The van der Waals surface area contributed by atoms with E-state index in [0.717, 1.165) is 51.9 Å². The van der Waals surface area contributed by atoms with Crippen LogP contribution in [0.4, 0.5) is 17.5 Å². The first-order valence-electron chi connectivity index (χ1n) is 13.2. The largest absolute Gasteiger partial charge is 0.381 e. The number of aromatic nitrogens is 2. The third-order valence-corrected chi connectivity index (χ3v) is 8.31. The zero-order chi connectivity index (χ0) is 26.7. The Kier molecular flexibility index (Phi) is 11.1. The quantitative estimate of drug-likeness (QED) is 0.309. The summed E-state index contributed by atoms with van der Waals surface area (Å²) in [6.45, 7) is 9.68. The minimum Gasteiger partial charge on any atom is -0.381 e. The Morgan fingerprint density at radius 1 is 1.08 bits per heavy atom. The van der Waals surface area contributed by atoms with E-state index < -0.39 is 10.0 Å². The van der Waals surface area contributed by atoms with Crippen molar-refractivity contribution >= 4 is 33.4 Å². The Morgan fingerprint density at radius 3 is 2.46 bits per heavy atom. The molecule has 0 saturated carbocycles. The molecule has 0 radical (unpaired) electrons. The van der Waals surface area contributed by atoms with Crippen molar-refractivity contribution in [2.24, 2.45) is 5.92 Å². The van der Waals surface area contributed by atoms with Crippen LogP contribution in [-0.2, 0) is 14.8 Å². The second kappa shape index (κ2) is 14.3. The number of rotatable bonds is 14. The summed E-state index contributed by atoms with van der Waals surface area (Å²) in [5, 5.41) is 9.40. The maximum absolute atomic E-state index is 13.2. The molecule has 37 heavy (non-hydrogen) atoms. The molecule has 204 valence electrons. The summed E-state index contributed by atoms with van der Waals surface area (Å²) in [6, 6.07) is 6.23. The van der Waals surface area contributed by atoms with Gasteiger partial charge in [-0.25, -0.2) is 13.4 Å². The summed E-state index contributed by atoms with van der Waals surface area (Å²) in [5.74, 6) is 1.02. The summed E-state index contributed by atoms with van der Waals surface area (Å²) < 4.78 is 32.7. The first kappa shape index (κ1) is 28.8. The van der Waals surface area contributed by atoms with Crippen molar-refractivity contribution in [3.8, 4) is 0 Å². The maximum atomic E-state index is 13.2. The van der Waals surface area contributed by atoms with Gasteiger partial charge in [0.15, 0.2) is 0 Å². The number of benzene rings is 1. The van der Waals surface area contributed by atoms with E-state index in [9.17, 15) is 13.2 Å². The van der Waals surface area contributed by atoms with E-state index in [2.05, 4.69) is 32.8 Å². The molecule has 1 aromatic heterocycles. The van der Waals surface area contributed by atoms with Crippen LogP contribution in [0, 0.1) is 5.92 Å². The zero-order valence-electron chi connectivity index (χ0n) is 22.1. The molecule has 3 rings (SSSR count). The lowest BCUT2D eigenvalue weighted by molar-refractivity contribution is 0.0699. The average molecular weight is 533 g/mol. The lowest BCUT2D eigenvalue weighted by Crippen LogP contribution is -2.31. The molecular formula is C26H40N6O4S. The van der Waals surface area contributed by atoms with Crippen LogP contribution in [0.5, 0.6) is 0 Å². The fourth-order valence-corrected chi connectivity index (χ4v) is 5.63. The van der Waals surface area contributed by atoms with Gasteiger partial charge in [-0.2, -0.15) is 9.29 Å². The zero-order valence-corrected chi connectivity index (χ0v) is 22.9. The van der Waals surface area contributed by atoms with Crippen molar-refractivity contribution in [3.63, 3.8) is 0 Å². The van der Waals surface area contributed by atoms with Crippen molar-refractivity contribution < 1.29 is 17.9 Å². The highest BCUT2D eigenvalue weighted by Crippen LogP contribution is 2.22. The van der Waals surface area contributed by atoms with Crippen LogP contribution < -0.4 is 16.0 Å². The molecule has 10 nitrogen and oxygen atoms in total. The van der Waals surface area contributed by atoms with Crippen LogP contribution in [0.2, 0.25) is 0 Å². The van der Waals surface area contributed by atoms with Gasteiger partial charge < -0.3 is 20.7 Å². The van der Waals surface area contributed by atoms with Crippen LogP contribution in [0.25, 0.3) is 0 Å². The predicted molar refractivity (Wildman–Crippen MR) is 147 cm³/mol.